The summed E-state index contributed by atoms with van der Waals surface area (Å²) in [6, 6.07) is 6.25. The molecule has 1 amide bonds. The van der Waals surface area contributed by atoms with Crippen molar-refractivity contribution >= 4 is 11.7 Å². The number of benzene rings is 1. The van der Waals surface area contributed by atoms with Crippen LogP contribution >= 0.6 is 0 Å². The number of aromatic nitrogens is 2. The van der Waals surface area contributed by atoms with Crippen LogP contribution in [0.25, 0.3) is 0 Å². The molecular formula is C14H14F2N4O2. The Morgan fingerprint density at radius 3 is 2.59 bits per heavy atom. The molecule has 1 aromatic heterocycles. The van der Waals surface area contributed by atoms with Gasteiger partial charge in [-0.05, 0) is 17.7 Å². The molecule has 0 fully saturated rings. The standard InChI is InChI=1S/C14H14F2N4O2/c1-20(12-7-18-6-11(19-12)13(17)21)8-9-2-4-10(5-3-9)22-14(15)16/h2-7,14H,8H2,1H3,(H2,17,21). The number of alkyl halides is 2. The van der Waals surface area contributed by atoms with Gasteiger partial charge in [0.25, 0.3) is 5.91 Å². The quantitative estimate of drug-likeness (QED) is 0.880. The molecule has 0 aliphatic rings. The third kappa shape index (κ3) is 4.11. The van der Waals surface area contributed by atoms with Gasteiger partial charge in [-0.2, -0.15) is 8.78 Å². The van der Waals surface area contributed by atoms with Crippen molar-refractivity contribution < 1.29 is 18.3 Å². The number of primary amides is 1. The SMILES string of the molecule is CN(Cc1ccc(OC(F)F)cc1)c1cncc(C(N)=O)n1. The normalized spacial score (nSPS) is 10.5. The zero-order valence-electron chi connectivity index (χ0n) is 11.7. The Morgan fingerprint density at radius 1 is 1.32 bits per heavy atom. The Hall–Kier alpha value is -2.77. The minimum absolute atomic E-state index is 0.0741. The first-order valence-electron chi connectivity index (χ1n) is 6.32. The lowest BCUT2D eigenvalue weighted by atomic mass is 10.2. The van der Waals surface area contributed by atoms with Crippen LogP contribution in [-0.2, 0) is 6.54 Å². The molecule has 2 aromatic rings. The monoisotopic (exact) mass is 308 g/mol. The number of nitrogens with zero attached hydrogens (tertiary/aromatic N) is 3. The van der Waals surface area contributed by atoms with Crippen molar-refractivity contribution in [1.29, 1.82) is 0 Å². The molecule has 0 saturated carbocycles. The summed E-state index contributed by atoms with van der Waals surface area (Å²) in [4.78, 5) is 20.8. The minimum atomic E-state index is -2.85. The van der Waals surface area contributed by atoms with E-state index in [0.29, 0.717) is 12.4 Å². The van der Waals surface area contributed by atoms with Crippen molar-refractivity contribution in [1.82, 2.24) is 9.97 Å². The highest BCUT2D eigenvalue weighted by atomic mass is 19.3. The van der Waals surface area contributed by atoms with E-state index in [1.54, 1.807) is 24.1 Å². The number of hydrogen-bond donors (Lipinski definition) is 1. The van der Waals surface area contributed by atoms with Gasteiger partial charge in [0.05, 0.1) is 12.4 Å². The van der Waals surface area contributed by atoms with E-state index < -0.39 is 12.5 Å². The molecule has 22 heavy (non-hydrogen) atoms. The number of ether oxygens (including phenoxy) is 1. The number of halogens is 2. The molecule has 0 bridgehead atoms. The number of amides is 1. The summed E-state index contributed by atoms with van der Waals surface area (Å²) in [6.07, 6.45) is 2.79. The molecule has 0 aliphatic carbocycles. The van der Waals surface area contributed by atoms with Crippen LogP contribution < -0.4 is 15.4 Å². The Bertz CT molecular complexity index is 650. The van der Waals surface area contributed by atoms with Gasteiger partial charge in [-0.3, -0.25) is 9.78 Å². The second kappa shape index (κ2) is 6.79. The lowest BCUT2D eigenvalue weighted by molar-refractivity contribution is -0.0498. The highest BCUT2D eigenvalue weighted by Crippen LogP contribution is 2.17. The van der Waals surface area contributed by atoms with Gasteiger partial charge in [-0.15, -0.1) is 0 Å². The maximum Gasteiger partial charge on any atom is 0.387 e. The van der Waals surface area contributed by atoms with E-state index >= 15 is 0 Å². The molecule has 116 valence electrons. The first kappa shape index (κ1) is 15.6. The summed E-state index contributed by atoms with van der Waals surface area (Å²) in [7, 11) is 1.76. The first-order valence-corrected chi connectivity index (χ1v) is 6.32. The zero-order chi connectivity index (χ0) is 16.1. The third-order valence-electron chi connectivity index (χ3n) is 2.83. The highest BCUT2D eigenvalue weighted by Gasteiger charge is 2.09. The van der Waals surface area contributed by atoms with Gasteiger partial charge in [0.1, 0.15) is 17.3 Å². The van der Waals surface area contributed by atoms with Gasteiger partial charge in [0.15, 0.2) is 0 Å². The summed E-state index contributed by atoms with van der Waals surface area (Å²) < 4.78 is 28.4. The number of anilines is 1. The Balaban J connectivity index is 2.06. The van der Waals surface area contributed by atoms with Crippen LogP contribution in [-0.4, -0.2) is 29.5 Å². The zero-order valence-corrected chi connectivity index (χ0v) is 11.7. The van der Waals surface area contributed by atoms with Crippen molar-refractivity contribution in [3.05, 3.63) is 47.9 Å². The number of carbonyl (C=O) groups excluding carboxylic acids is 1. The second-order valence-electron chi connectivity index (χ2n) is 4.51. The van der Waals surface area contributed by atoms with Gasteiger partial charge in [0, 0.05) is 13.6 Å². The lowest BCUT2D eigenvalue weighted by Crippen LogP contribution is -2.20. The molecule has 0 unspecified atom stereocenters. The number of rotatable bonds is 6. The van der Waals surface area contributed by atoms with Crippen molar-refractivity contribution in [2.45, 2.75) is 13.2 Å². The van der Waals surface area contributed by atoms with Crippen molar-refractivity contribution in [3.63, 3.8) is 0 Å². The van der Waals surface area contributed by atoms with Crippen LogP contribution in [0.5, 0.6) is 5.75 Å². The van der Waals surface area contributed by atoms with E-state index in [2.05, 4.69) is 14.7 Å². The topological polar surface area (TPSA) is 81.3 Å². The van der Waals surface area contributed by atoms with Crippen LogP contribution in [0.3, 0.4) is 0 Å². The average molecular weight is 308 g/mol. The number of hydrogen-bond acceptors (Lipinski definition) is 5. The molecule has 2 rings (SSSR count). The van der Waals surface area contributed by atoms with Gasteiger partial charge in [-0.1, -0.05) is 12.1 Å². The molecule has 1 heterocycles. The van der Waals surface area contributed by atoms with Crippen molar-refractivity contribution in [2.75, 3.05) is 11.9 Å². The summed E-state index contributed by atoms with van der Waals surface area (Å²) >= 11 is 0. The summed E-state index contributed by atoms with van der Waals surface area (Å²) in [5, 5.41) is 0. The molecule has 1 aromatic carbocycles. The third-order valence-corrected chi connectivity index (χ3v) is 2.83. The Labute approximate surface area is 125 Å². The Kier molecular flexibility index (Phi) is 4.82. The van der Waals surface area contributed by atoms with E-state index in [1.165, 1.54) is 24.5 Å². The molecule has 0 radical (unpaired) electrons. The molecule has 6 nitrogen and oxygen atoms in total. The van der Waals surface area contributed by atoms with E-state index in [9.17, 15) is 13.6 Å². The van der Waals surface area contributed by atoms with E-state index in [4.69, 9.17) is 5.73 Å². The molecule has 0 saturated heterocycles. The minimum Gasteiger partial charge on any atom is -0.435 e. The van der Waals surface area contributed by atoms with Crippen LogP contribution in [0.2, 0.25) is 0 Å². The molecule has 0 spiro atoms. The fourth-order valence-electron chi connectivity index (χ4n) is 1.79. The molecule has 2 N–H and O–H groups in total. The maximum atomic E-state index is 12.1. The fourth-order valence-corrected chi connectivity index (χ4v) is 1.79. The molecule has 0 aliphatic heterocycles. The molecule has 8 heteroatoms. The summed E-state index contributed by atoms with van der Waals surface area (Å²) in [5.74, 6) is -0.0858. The highest BCUT2D eigenvalue weighted by molar-refractivity contribution is 5.90. The van der Waals surface area contributed by atoms with E-state index in [0.717, 1.165) is 5.56 Å². The van der Waals surface area contributed by atoms with Crippen molar-refractivity contribution in [3.8, 4) is 5.75 Å². The van der Waals surface area contributed by atoms with Crippen LogP contribution in [0.1, 0.15) is 16.1 Å². The van der Waals surface area contributed by atoms with Crippen molar-refractivity contribution in [2.24, 2.45) is 5.73 Å². The first-order chi connectivity index (χ1) is 10.5. The van der Waals surface area contributed by atoms with Crippen LogP contribution in [0.15, 0.2) is 36.7 Å². The smallest absolute Gasteiger partial charge is 0.387 e. The van der Waals surface area contributed by atoms with Crippen LogP contribution in [0.4, 0.5) is 14.6 Å². The maximum absolute atomic E-state index is 12.1. The summed E-state index contributed by atoms with van der Waals surface area (Å²) in [5.41, 5.74) is 6.09. The van der Waals surface area contributed by atoms with Crippen LogP contribution in [0, 0.1) is 0 Å². The number of nitrogens with two attached hydrogens (primary N) is 1. The fraction of sp³-hybridized carbons (Fsp3) is 0.214. The molecule has 0 atom stereocenters. The summed E-state index contributed by atoms with van der Waals surface area (Å²) in [6.45, 7) is -2.40. The largest absolute Gasteiger partial charge is 0.435 e. The van der Waals surface area contributed by atoms with E-state index in [-0.39, 0.29) is 11.4 Å². The lowest BCUT2D eigenvalue weighted by Gasteiger charge is -2.18. The van der Waals surface area contributed by atoms with Gasteiger partial charge in [-0.25, -0.2) is 4.98 Å². The van der Waals surface area contributed by atoms with Gasteiger partial charge >= 0.3 is 6.61 Å². The van der Waals surface area contributed by atoms with Gasteiger partial charge < -0.3 is 15.4 Å². The van der Waals surface area contributed by atoms with Gasteiger partial charge in [0.2, 0.25) is 0 Å². The Morgan fingerprint density at radius 2 is 2.00 bits per heavy atom. The average Bonchev–Trinajstić information content (AvgIpc) is 2.49. The number of carbonyl (C=O) groups is 1. The van der Waals surface area contributed by atoms with E-state index in [1.807, 2.05) is 0 Å². The molecular weight excluding hydrogens is 294 g/mol. The second-order valence-corrected chi connectivity index (χ2v) is 4.51. The predicted octanol–water partition coefficient (Wildman–Crippen LogP) is 1.81. The predicted molar refractivity (Wildman–Crippen MR) is 75.7 cm³/mol.